The molecule has 2 aromatic rings. The Morgan fingerprint density at radius 2 is 1.95 bits per heavy atom. The van der Waals surface area contributed by atoms with Crippen LogP contribution in [0, 0.1) is 0 Å². The number of rotatable bonds is 5. The normalized spacial score (nSPS) is 11.7. The third kappa shape index (κ3) is 2.42. The Balaban J connectivity index is 2.92. The lowest BCUT2D eigenvalue weighted by molar-refractivity contribution is 0.550. The van der Waals surface area contributed by atoms with Crippen LogP contribution >= 0.6 is 0 Å². The Hall–Kier alpha value is -1.89. The molecule has 0 aromatic carbocycles. The molecule has 7 nitrogen and oxygen atoms in total. The van der Waals surface area contributed by atoms with Crippen molar-refractivity contribution < 1.29 is 0 Å². The molecule has 0 bridgehead atoms. The van der Waals surface area contributed by atoms with E-state index in [4.69, 9.17) is 5.73 Å². The van der Waals surface area contributed by atoms with Gasteiger partial charge < -0.3 is 10.3 Å². The third-order valence-corrected chi connectivity index (χ3v) is 3.68. The van der Waals surface area contributed by atoms with Crippen LogP contribution in [-0.4, -0.2) is 25.2 Å². The van der Waals surface area contributed by atoms with Crippen molar-refractivity contribution in [3.05, 3.63) is 26.7 Å². The molecule has 0 radical (unpaired) electrons. The number of aromatic nitrogens is 4. The maximum atomic E-state index is 12.5. The predicted octanol–water partition coefficient (Wildman–Crippen LogP) is 0.389. The van der Waals surface area contributed by atoms with Gasteiger partial charge in [-0.1, -0.05) is 6.92 Å². The Labute approximate surface area is 123 Å². The highest BCUT2D eigenvalue weighted by atomic mass is 16.2. The van der Waals surface area contributed by atoms with Crippen molar-refractivity contribution in [3.8, 4) is 0 Å². The van der Waals surface area contributed by atoms with Gasteiger partial charge in [-0.2, -0.15) is 0 Å². The van der Waals surface area contributed by atoms with E-state index in [0.29, 0.717) is 30.7 Å². The van der Waals surface area contributed by atoms with Gasteiger partial charge >= 0.3 is 5.69 Å². The van der Waals surface area contributed by atoms with E-state index in [9.17, 15) is 9.59 Å². The average Bonchev–Trinajstić information content (AvgIpc) is 2.80. The average molecular weight is 293 g/mol. The predicted molar refractivity (Wildman–Crippen MR) is 82.7 cm³/mol. The number of hydrogen-bond acceptors (Lipinski definition) is 4. The molecule has 0 unspecified atom stereocenters. The fourth-order valence-electron chi connectivity index (χ4n) is 2.59. The monoisotopic (exact) mass is 293 g/mol. The van der Waals surface area contributed by atoms with Crippen LogP contribution in [0.5, 0.6) is 0 Å². The van der Waals surface area contributed by atoms with Gasteiger partial charge in [0.25, 0.3) is 5.56 Å². The van der Waals surface area contributed by atoms with Crippen LogP contribution in [0.4, 0.5) is 0 Å². The van der Waals surface area contributed by atoms with E-state index in [-0.39, 0.29) is 17.3 Å². The molecule has 0 atom stereocenters. The third-order valence-electron chi connectivity index (χ3n) is 3.68. The molecule has 0 amide bonds. The van der Waals surface area contributed by atoms with Gasteiger partial charge in [-0.3, -0.25) is 13.9 Å². The quantitative estimate of drug-likeness (QED) is 0.863. The highest BCUT2D eigenvalue weighted by Gasteiger charge is 2.20. The van der Waals surface area contributed by atoms with Crippen LogP contribution in [0.15, 0.2) is 9.59 Å². The van der Waals surface area contributed by atoms with Crippen molar-refractivity contribution in [1.29, 1.82) is 0 Å². The number of imidazole rings is 1. The van der Waals surface area contributed by atoms with E-state index in [1.54, 1.807) is 4.57 Å². The molecule has 2 N–H and O–H groups in total. The Kier molecular flexibility index (Phi) is 4.32. The summed E-state index contributed by atoms with van der Waals surface area (Å²) in [6.07, 6.45) is 1.47. The summed E-state index contributed by atoms with van der Waals surface area (Å²) in [5, 5.41) is 0. The molecule has 0 spiro atoms. The SMILES string of the molecule is CCc1nc2c(c(=O)n(C)c(=O)n2C(C)C)n1CCCN. The topological polar surface area (TPSA) is 87.8 Å². The summed E-state index contributed by atoms with van der Waals surface area (Å²) < 4.78 is 4.64. The molecule has 0 aliphatic rings. The lowest BCUT2D eigenvalue weighted by atomic mass is 10.3. The first-order valence-corrected chi connectivity index (χ1v) is 7.34. The first-order valence-electron chi connectivity index (χ1n) is 7.34. The van der Waals surface area contributed by atoms with Crippen LogP contribution in [0.1, 0.15) is 39.1 Å². The minimum Gasteiger partial charge on any atom is -0.330 e. The minimum atomic E-state index is -0.325. The van der Waals surface area contributed by atoms with Gasteiger partial charge in [0, 0.05) is 26.1 Å². The summed E-state index contributed by atoms with van der Waals surface area (Å²) in [5.74, 6) is 0.815. The summed E-state index contributed by atoms with van der Waals surface area (Å²) in [6.45, 7) is 7.00. The van der Waals surface area contributed by atoms with Gasteiger partial charge in [0.1, 0.15) is 5.82 Å². The molecule has 2 rings (SSSR count). The first-order chi connectivity index (χ1) is 9.93. The molecule has 21 heavy (non-hydrogen) atoms. The number of nitrogens with two attached hydrogens (primary N) is 1. The van der Waals surface area contributed by atoms with Crippen molar-refractivity contribution in [1.82, 2.24) is 18.7 Å². The van der Waals surface area contributed by atoms with Gasteiger partial charge in [-0.25, -0.2) is 9.78 Å². The molecular weight excluding hydrogens is 270 g/mol. The van der Waals surface area contributed by atoms with E-state index >= 15 is 0 Å². The molecule has 7 heteroatoms. The second-order valence-electron chi connectivity index (χ2n) is 5.46. The molecule has 2 aromatic heterocycles. The van der Waals surface area contributed by atoms with E-state index in [2.05, 4.69) is 4.98 Å². The molecule has 2 heterocycles. The molecule has 0 aliphatic heterocycles. The van der Waals surface area contributed by atoms with Crippen molar-refractivity contribution in [2.24, 2.45) is 12.8 Å². The van der Waals surface area contributed by atoms with Crippen molar-refractivity contribution in [2.45, 2.75) is 46.2 Å². The lowest BCUT2D eigenvalue weighted by Gasteiger charge is -2.12. The molecule has 0 saturated carbocycles. The lowest BCUT2D eigenvalue weighted by Crippen LogP contribution is -2.39. The van der Waals surface area contributed by atoms with Crippen molar-refractivity contribution in [2.75, 3.05) is 6.54 Å². The van der Waals surface area contributed by atoms with Gasteiger partial charge in [0.15, 0.2) is 11.2 Å². The summed E-state index contributed by atoms with van der Waals surface area (Å²) in [5.41, 5.74) is 5.93. The second kappa shape index (κ2) is 5.85. The zero-order valence-corrected chi connectivity index (χ0v) is 13.1. The van der Waals surface area contributed by atoms with E-state index in [0.717, 1.165) is 16.8 Å². The van der Waals surface area contributed by atoms with Gasteiger partial charge in [0.05, 0.1) is 0 Å². The number of nitrogens with zero attached hydrogens (tertiary/aromatic N) is 4. The zero-order chi connectivity index (χ0) is 15.7. The first kappa shape index (κ1) is 15.5. The maximum absolute atomic E-state index is 12.5. The van der Waals surface area contributed by atoms with E-state index < -0.39 is 0 Å². The standard InChI is InChI=1S/C14H23N5O2/c1-5-10-16-12-11(18(10)8-6-7-15)13(20)17(4)14(21)19(12)9(2)3/h9H,5-8,15H2,1-4H3. The van der Waals surface area contributed by atoms with Gasteiger partial charge in [-0.05, 0) is 26.8 Å². The highest BCUT2D eigenvalue weighted by molar-refractivity contribution is 5.71. The molecule has 116 valence electrons. The Bertz CT molecular complexity index is 766. The summed E-state index contributed by atoms with van der Waals surface area (Å²) in [6, 6.07) is -0.0608. The summed E-state index contributed by atoms with van der Waals surface area (Å²) >= 11 is 0. The van der Waals surface area contributed by atoms with Gasteiger partial charge in [-0.15, -0.1) is 0 Å². The Morgan fingerprint density at radius 3 is 2.48 bits per heavy atom. The van der Waals surface area contributed by atoms with Crippen LogP contribution < -0.4 is 17.0 Å². The fourth-order valence-corrected chi connectivity index (χ4v) is 2.59. The molecule has 0 saturated heterocycles. The fraction of sp³-hybridized carbons (Fsp3) is 0.643. The smallest absolute Gasteiger partial charge is 0.330 e. The molecule has 0 aliphatic carbocycles. The maximum Gasteiger partial charge on any atom is 0.332 e. The molecular formula is C14H23N5O2. The van der Waals surface area contributed by atoms with Crippen molar-refractivity contribution >= 4 is 11.2 Å². The van der Waals surface area contributed by atoms with Gasteiger partial charge in [0.2, 0.25) is 0 Å². The number of hydrogen-bond donors (Lipinski definition) is 1. The summed E-state index contributed by atoms with van der Waals surface area (Å²) in [7, 11) is 1.51. The van der Waals surface area contributed by atoms with Crippen molar-refractivity contribution in [3.63, 3.8) is 0 Å². The largest absolute Gasteiger partial charge is 0.332 e. The van der Waals surface area contributed by atoms with Crippen LogP contribution in [0.2, 0.25) is 0 Å². The van der Waals surface area contributed by atoms with Crippen LogP contribution in [0.25, 0.3) is 11.2 Å². The second-order valence-corrected chi connectivity index (χ2v) is 5.46. The van der Waals surface area contributed by atoms with E-state index in [1.807, 2.05) is 25.3 Å². The number of aryl methyl sites for hydroxylation is 2. The highest BCUT2D eigenvalue weighted by Crippen LogP contribution is 2.15. The number of fused-ring (bicyclic) bond motifs is 1. The Morgan fingerprint density at radius 1 is 1.29 bits per heavy atom. The minimum absolute atomic E-state index is 0.0608. The zero-order valence-electron chi connectivity index (χ0n) is 13.1. The van der Waals surface area contributed by atoms with E-state index in [1.165, 1.54) is 7.05 Å². The molecule has 0 fully saturated rings. The van der Waals surface area contributed by atoms with Crippen LogP contribution in [-0.2, 0) is 20.0 Å². The van der Waals surface area contributed by atoms with Crippen LogP contribution in [0.3, 0.4) is 0 Å². The summed E-state index contributed by atoms with van der Waals surface area (Å²) in [4.78, 5) is 29.4.